The van der Waals surface area contributed by atoms with Gasteiger partial charge in [-0.15, -0.1) is 0 Å². The first-order valence-electron chi connectivity index (χ1n) is 51.0. The highest BCUT2D eigenvalue weighted by Crippen LogP contribution is 2.41. The monoisotopic (exact) mass is 1700 g/mol. The standard InChI is InChI=1S/C107H169F7N8/c1-14-22-30-38-46-54-62-70-80(69-61-53-45-37-29-21-8)95(108)94-87(77(9)10)106-120-104-92-90(98(111)83(73-65-57-49-41-33-25-17-4)85(100(92)113)75-67-59-51-43-35-27-19-6)102(118-104)116-78(11)88-89(97(110)82(72-64-56-48-40-32-24-16-3)81(96(88)109)71-63-55-47-39-31-23-15-2)79(12)117-103-91-93(105(119-103)121-107(94)122(106)115-13)101(114)86(76-68-60-52-44-36-28-20-7)84(99(91)112)74-66-58-50-42-34-26-18-5/h77,103,115,117H,14-76H2,1-13H3/b88-78-,89-79-,95-80-,116-102-,120-106+,121-107-/t103-/m1/s1. The smallest absolute Gasteiger partial charge is 0.167 e. The van der Waals surface area contributed by atoms with Gasteiger partial charge in [0.25, 0.3) is 0 Å². The van der Waals surface area contributed by atoms with Crippen LogP contribution < -0.4 is 32.2 Å². The Morgan fingerprint density at radius 2 is 0.623 bits per heavy atom. The van der Waals surface area contributed by atoms with Crippen molar-refractivity contribution in [1.82, 2.24) is 9.99 Å². The van der Waals surface area contributed by atoms with E-state index < -0.39 is 52.8 Å². The summed E-state index contributed by atoms with van der Waals surface area (Å²) in [5.74, 6) is -5.60. The van der Waals surface area contributed by atoms with Gasteiger partial charge in [-0.3, -0.25) is 0 Å². The summed E-state index contributed by atoms with van der Waals surface area (Å²) in [6.07, 6.45) is 55.1. The second-order valence-electron chi connectivity index (χ2n) is 37.0. The maximum atomic E-state index is 19.8. The van der Waals surface area contributed by atoms with E-state index in [-0.39, 0.29) is 144 Å². The number of halogens is 7. The summed E-state index contributed by atoms with van der Waals surface area (Å²) in [5.41, 5.74) is 5.56. The van der Waals surface area contributed by atoms with E-state index >= 15 is 30.7 Å². The molecule has 0 amide bonds. The Balaban J connectivity index is 1.72. The molecule has 0 saturated heterocycles. The van der Waals surface area contributed by atoms with E-state index in [0.717, 1.165) is 308 Å². The topological polar surface area (TPSA) is 90.8 Å². The minimum absolute atomic E-state index is 0.0152. The highest BCUT2D eigenvalue weighted by atomic mass is 19.2. The van der Waals surface area contributed by atoms with E-state index in [2.05, 4.69) is 66.1 Å². The highest BCUT2D eigenvalue weighted by molar-refractivity contribution is 6.23. The number of allylic oxidation sites excluding steroid dienone is 1. The Kier molecular flexibility index (Phi) is 49.5. The first kappa shape index (κ1) is 103. The van der Waals surface area contributed by atoms with Crippen LogP contribution in [0.1, 0.15) is 528 Å². The van der Waals surface area contributed by atoms with Crippen LogP contribution in [0.3, 0.4) is 0 Å². The summed E-state index contributed by atoms with van der Waals surface area (Å²) < 4.78 is 138. The fraction of sp³-hybridized carbons (Fsp3) is 0.729. The van der Waals surface area contributed by atoms with Gasteiger partial charge < -0.3 is 10.7 Å². The predicted molar refractivity (Wildman–Crippen MR) is 507 cm³/mol. The normalized spacial score (nSPS) is 16.0. The zero-order valence-electron chi connectivity index (χ0n) is 79.5. The molecule has 0 radical (unpaired) electrons. The summed E-state index contributed by atoms with van der Waals surface area (Å²) in [4.78, 5) is 26.8. The van der Waals surface area contributed by atoms with Crippen molar-refractivity contribution in [2.45, 2.75) is 500 Å². The maximum absolute atomic E-state index is 19.8. The van der Waals surface area contributed by atoms with E-state index in [1.54, 1.807) is 25.6 Å². The van der Waals surface area contributed by atoms with Crippen molar-refractivity contribution in [3.63, 3.8) is 0 Å². The molecule has 0 fully saturated rings. The first-order chi connectivity index (χ1) is 59.5. The predicted octanol–water partition coefficient (Wildman–Crippen LogP) is 31.4. The average Bonchev–Trinajstić information content (AvgIpc) is 1.55. The Labute approximate surface area is 737 Å². The third-order valence-corrected chi connectivity index (χ3v) is 26.6. The number of hydrogen-bond acceptors (Lipinski definition) is 7. The van der Waals surface area contributed by atoms with Crippen LogP contribution in [-0.2, 0) is 38.5 Å². The molecule has 2 N–H and O–H groups in total. The molecular weight excluding hydrogens is 1530 g/mol. The fourth-order valence-corrected chi connectivity index (χ4v) is 19.3. The molecule has 7 rings (SSSR count). The summed E-state index contributed by atoms with van der Waals surface area (Å²) in [7, 11) is 1.67. The molecule has 8 nitrogen and oxygen atoms in total. The number of hydrogen-bond donors (Lipinski definition) is 2. The van der Waals surface area contributed by atoms with Crippen molar-refractivity contribution < 1.29 is 30.7 Å². The number of rotatable bonds is 66. The summed E-state index contributed by atoms with van der Waals surface area (Å²) in [6, 6.07) is 0. The number of unbranched alkanes of at least 4 members (excludes halogenated alkanes) is 47. The van der Waals surface area contributed by atoms with Crippen molar-refractivity contribution in [1.29, 1.82) is 0 Å². The van der Waals surface area contributed by atoms with Crippen LogP contribution in [0.15, 0.2) is 30.5 Å². The van der Waals surface area contributed by atoms with Crippen LogP contribution in [-0.4, -0.2) is 29.2 Å². The van der Waals surface area contributed by atoms with Gasteiger partial charge in [0.1, 0.15) is 40.7 Å². The van der Waals surface area contributed by atoms with Gasteiger partial charge in [-0.25, -0.2) is 60.4 Å². The Bertz CT molecular complexity index is 4190. The molecule has 1 aromatic heterocycles. The Morgan fingerprint density at radius 1 is 0.336 bits per heavy atom. The lowest BCUT2D eigenvalue weighted by molar-refractivity contribution is 0.517. The van der Waals surface area contributed by atoms with Gasteiger partial charge in [-0.05, 0) is 161 Å². The Morgan fingerprint density at radius 3 is 0.959 bits per heavy atom. The van der Waals surface area contributed by atoms with Gasteiger partial charge in [0, 0.05) is 34.3 Å². The lowest BCUT2D eigenvalue weighted by Gasteiger charge is -2.21. The third kappa shape index (κ3) is 30.4. The first-order valence-corrected chi connectivity index (χ1v) is 51.0. The molecule has 1 atom stereocenters. The van der Waals surface area contributed by atoms with Crippen molar-refractivity contribution in [3.05, 3.63) is 129 Å². The van der Waals surface area contributed by atoms with Gasteiger partial charge >= 0.3 is 0 Å². The minimum atomic E-state index is -1.46. The summed E-state index contributed by atoms with van der Waals surface area (Å²) in [6.45, 7) is 24.8. The Hall–Kier alpha value is -5.86. The van der Waals surface area contributed by atoms with Crippen LogP contribution in [0.5, 0.6) is 0 Å². The molecule has 6 bridgehead atoms. The lowest BCUT2D eigenvalue weighted by atomic mass is 9.89. The number of amidine groups is 3. The second kappa shape index (κ2) is 58.5. The summed E-state index contributed by atoms with van der Waals surface area (Å²) in [5, 5.41) is 3.14. The van der Waals surface area contributed by atoms with Crippen molar-refractivity contribution in [2.24, 2.45) is 25.0 Å². The van der Waals surface area contributed by atoms with Crippen LogP contribution in [0.2, 0.25) is 0 Å². The van der Waals surface area contributed by atoms with Gasteiger partial charge in [0.15, 0.2) is 34.6 Å². The largest absolute Gasteiger partial charge is 0.363 e. The van der Waals surface area contributed by atoms with E-state index in [1.165, 1.54) is 6.42 Å². The SMILES string of the molecule is CCCCCCCCC/C(CCCCCCCC)=C(\F)c1c(C(C)C)/c2n(NC)/c1=N\C1=N[C@@H](N\C(C)=c3/c(F)c(CCCCCCCCC)c(CCCCCCCCC)c(F)/c3=C(C)\N=C3N=C(/N=2)c2c(F)c(CCCCCCCCC)c(CCCCCCCCC)c(F)c2/3)c2c(F)c(CCCCCCCCC)c(CCCCCCCCC)c(F)c21. The molecule has 0 aliphatic carbocycles. The van der Waals surface area contributed by atoms with E-state index in [1.807, 2.05) is 13.8 Å². The number of fused-ring (bicyclic) bond motifs is 11. The number of nitrogens with one attached hydrogen (secondary N) is 2. The van der Waals surface area contributed by atoms with Gasteiger partial charge in [0.2, 0.25) is 0 Å². The van der Waals surface area contributed by atoms with E-state index in [9.17, 15) is 0 Å². The van der Waals surface area contributed by atoms with E-state index in [0.29, 0.717) is 68.1 Å². The number of benzene rings is 3. The molecule has 3 aliphatic rings. The fourth-order valence-electron chi connectivity index (χ4n) is 19.3. The van der Waals surface area contributed by atoms with Crippen molar-refractivity contribution >= 4 is 34.7 Å². The van der Waals surface area contributed by atoms with Crippen molar-refractivity contribution in [3.8, 4) is 0 Å². The molecule has 686 valence electrons. The number of aliphatic imine (C=N–C) groups is 3. The third-order valence-electron chi connectivity index (χ3n) is 26.6. The molecule has 3 aliphatic heterocycles. The maximum Gasteiger partial charge on any atom is 0.167 e. The molecule has 0 unspecified atom stereocenters. The molecule has 4 heterocycles. The van der Waals surface area contributed by atoms with Crippen LogP contribution in [0.4, 0.5) is 30.7 Å². The zero-order valence-corrected chi connectivity index (χ0v) is 79.5. The minimum Gasteiger partial charge on any atom is -0.363 e. The lowest BCUT2D eigenvalue weighted by Crippen LogP contribution is -2.41. The number of nitrogens with zero attached hydrogens (tertiary/aromatic N) is 6. The van der Waals surface area contributed by atoms with Gasteiger partial charge in [0.05, 0.1) is 28.0 Å². The highest BCUT2D eigenvalue weighted by Gasteiger charge is 2.39. The average molecular weight is 1700 g/mol. The van der Waals surface area contributed by atoms with E-state index in [4.69, 9.17) is 25.0 Å². The molecule has 4 aromatic rings. The van der Waals surface area contributed by atoms with Crippen LogP contribution in [0, 0.1) is 34.9 Å². The van der Waals surface area contributed by atoms with Gasteiger partial charge in [-0.1, -0.05) is 371 Å². The van der Waals surface area contributed by atoms with Crippen molar-refractivity contribution in [2.75, 3.05) is 12.5 Å². The van der Waals surface area contributed by atoms with Crippen LogP contribution in [0.25, 0.3) is 17.2 Å². The molecule has 3 aromatic carbocycles. The second-order valence-corrected chi connectivity index (χ2v) is 37.0. The number of aromatic nitrogens is 1. The molecule has 0 spiro atoms. The molecular formula is C107H169F7N8. The molecule has 0 saturated carbocycles. The van der Waals surface area contributed by atoms with Crippen LogP contribution >= 0.6 is 0 Å². The summed E-state index contributed by atoms with van der Waals surface area (Å²) >= 11 is 0. The zero-order chi connectivity index (χ0) is 88.0. The van der Waals surface area contributed by atoms with Gasteiger partial charge in [-0.2, -0.15) is 0 Å². The quantitative estimate of drug-likeness (QED) is 0.0341. The molecule has 15 heteroatoms. The molecule has 122 heavy (non-hydrogen) atoms.